The van der Waals surface area contributed by atoms with Gasteiger partial charge >= 0.3 is 26.2 Å². The molecule has 0 nitrogen and oxygen atoms in total. The fourth-order valence-corrected chi connectivity index (χ4v) is 1.95. The van der Waals surface area contributed by atoms with E-state index in [9.17, 15) is 4.39 Å². The molecule has 2 aromatic carbocycles. The van der Waals surface area contributed by atoms with Crippen molar-refractivity contribution in [1.29, 1.82) is 0 Å². The molecule has 16 heavy (non-hydrogen) atoms. The van der Waals surface area contributed by atoms with Gasteiger partial charge in [-0.2, -0.15) is 6.07 Å². The predicted octanol–water partition coefficient (Wildman–Crippen LogP) is -5.22. The maximum absolute atomic E-state index is 12.9. The molecule has 0 saturated heterocycles. The average Bonchev–Trinajstić information content (AvgIpc) is 2.29. The van der Waals surface area contributed by atoms with Crippen molar-refractivity contribution in [3.05, 3.63) is 40.1 Å². The van der Waals surface area contributed by atoms with Crippen molar-refractivity contribution in [1.82, 2.24) is 0 Å². The summed E-state index contributed by atoms with van der Waals surface area (Å²) in [6.45, 7) is 2.00. The molecule has 6 heteroatoms. The van der Waals surface area contributed by atoms with Crippen LogP contribution in [0.4, 0.5) is 4.39 Å². The third-order valence-corrected chi connectivity index (χ3v) is 2.54. The maximum Gasteiger partial charge on any atom is 4.00 e. The molecule has 0 aliphatic carbocycles. The Morgan fingerprint density at radius 3 is 2.25 bits per heavy atom. The van der Waals surface area contributed by atoms with E-state index >= 15 is 0 Å². The van der Waals surface area contributed by atoms with E-state index in [2.05, 4.69) is 15.9 Å². The first-order chi connectivity index (χ1) is 5.66. The molecule has 0 fully saturated rings. The van der Waals surface area contributed by atoms with Gasteiger partial charge in [-0.15, -0.1) is 22.4 Å². The van der Waals surface area contributed by atoms with E-state index in [0.717, 1.165) is 20.8 Å². The fourth-order valence-electron chi connectivity index (χ4n) is 1.39. The third kappa shape index (κ3) is 4.70. The number of hydrogen-bond donors (Lipinski definition) is 0. The van der Waals surface area contributed by atoms with Crippen LogP contribution in [-0.2, 0) is 26.2 Å². The molecule has 0 heterocycles. The second kappa shape index (κ2) is 8.99. The Morgan fingerprint density at radius 1 is 1.12 bits per heavy atom. The average molecular weight is 424 g/mol. The molecule has 0 saturated carbocycles. The summed E-state index contributed by atoms with van der Waals surface area (Å²) in [6, 6.07) is 7.05. The van der Waals surface area contributed by atoms with Crippen LogP contribution in [0, 0.1) is 12.7 Å². The van der Waals surface area contributed by atoms with Crippen LogP contribution in [0.15, 0.2) is 28.7 Å². The third-order valence-electron chi connectivity index (χ3n) is 1.88. The Balaban J connectivity index is -0.000000422. The zero-order valence-corrected chi connectivity index (χ0v) is 14.5. The quantitative estimate of drug-likeness (QED) is 0.372. The molecular weight excluding hydrogens is 417 g/mol. The van der Waals surface area contributed by atoms with Crippen LogP contribution in [0.3, 0.4) is 0 Å². The monoisotopic (exact) mass is 420 g/mol. The second-order valence-electron chi connectivity index (χ2n) is 2.92. The second-order valence-corrected chi connectivity index (χ2v) is 3.78. The first-order valence-electron chi connectivity index (χ1n) is 3.69. The van der Waals surface area contributed by atoms with E-state index in [-0.39, 0.29) is 69.2 Å². The number of benzene rings is 1. The van der Waals surface area contributed by atoms with Crippen LogP contribution < -0.4 is 37.2 Å². The fraction of sp³-hybridized carbons (Fsp3) is 0.100. The van der Waals surface area contributed by atoms with Crippen LogP contribution in [0.5, 0.6) is 0 Å². The van der Waals surface area contributed by atoms with Crippen LogP contribution in [0.2, 0.25) is 0 Å². The molecule has 0 spiro atoms. The minimum atomic E-state index is -0.194. The molecule has 0 atom stereocenters. The molecule has 0 aliphatic rings. The first-order valence-corrected chi connectivity index (χ1v) is 4.48. The molecule has 0 aliphatic heterocycles. The summed E-state index contributed by atoms with van der Waals surface area (Å²) in [5.74, 6) is -0.194. The van der Waals surface area contributed by atoms with Gasteiger partial charge in [-0.25, -0.2) is 4.39 Å². The van der Waals surface area contributed by atoms with E-state index in [1.807, 2.05) is 19.1 Å². The first kappa shape index (κ1) is 22.2. The number of hydrogen-bond acceptors (Lipinski definition) is 0. The van der Waals surface area contributed by atoms with E-state index < -0.39 is 0 Å². The zero-order valence-electron chi connectivity index (χ0n) is 8.20. The number of aryl methyl sites for hydroxylation is 1. The molecule has 2 rings (SSSR count). The van der Waals surface area contributed by atoms with Crippen molar-refractivity contribution in [2.75, 3.05) is 0 Å². The number of halogens is 5. The minimum Gasteiger partial charge on any atom is -1.00 e. The maximum atomic E-state index is 12.9. The van der Waals surface area contributed by atoms with Gasteiger partial charge in [0.25, 0.3) is 0 Å². The number of fused-ring (bicyclic) bond motifs is 1. The van der Waals surface area contributed by atoms with Crippen LogP contribution in [0.1, 0.15) is 5.56 Å². The molecule has 0 unspecified atom stereocenters. The smallest absolute Gasteiger partial charge is 1.00 e. The van der Waals surface area contributed by atoms with Gasteiger partial charge in [0, 0.05) is 0 Å². The van der Waals surface area contributed by atoms with Crippen molar-refractivity contribution >= 4 is 26.7 Å². The van der Waals surface area contributed by atoms with Crippen molar-refractivity contribution in [3.8, 4) is 0 Å². The Hall–Kier alpha value is 0.993. The van der Waals surface area contributed by atoms with Gasteiger partial charge < -0.3 is 37.2 Å². The number of rotatable bonds is 0. The van der Waals surface area contributed by atoms with Gasteiger partial charge in [0.1, 0.15) is 0 Å². The van der Waals surface area contributed by atoms with Gasteiger partial charge in [0.05, 0.1) is 5.82 Å². The topological polar surface area (TPSA) is 0 Å². The van der Waals surface area contributed by atoms with Crippen molar-refractivity contribution < 1.29 is 67.8 Å². The predicted molar refractivity (Wildman–Crippen MR) is 51.9 cm³/mol. The van der Waals surface area contributed by atoms with E-state index in [0.29, 0.717) is 0 Å². The van der Waals surface area contributed by atoms with Gasteiger partial charge in [-0.1, -0.05) is 28.9 Å². The van der Waals surface area contributed by atoms with Crippen LogP contribution in [-0.4, -0.2) is 0 Å². The van der Waals surface area contributed by atoms with Crippen LogP contribution in [0.25, 0.3) is 10.8 Å². The standard InChI is InChI=1S/C10H7BrF.3ClH.Zr/c1-6-2-7-4-8(12)5-10(11)9(7)3-6;;;;/h2-5H,1H3;3*1H;/q-1;;;;+4/p-3. The van der Waals surface area contributed by atoms with Crippen LogP contribution >= 0.6 is 15.9 Å². The molecule has 0 bridgehead atoms. The molecule has 0 radical (unpaired) electrons. The Kier molecular flexibility index (Phi) is 12.5. The van der Waals surface area contributed by atoms with Crippen molar-refractivity contribution in [2.24, 2.45) is 0 Å². The summed E-state index contributed by atoms with van der Waals surface area (Å²) >= 11 is 3.32. The Morgan fingerprint density at radius 2 is 1.69 bits per heavy atom. The SMILES string of the molecule is Cc1cc2c(Br)cc(F)cc2[cH-]1.[Cl-].[Cl-].[Cl-].[Zr+4]. The molecule has 2 aromatic rings. The zero-order chi connectivity index (χ0) is 8.72. The summed E-state index contributed by atoms with van der Waals surface area (Å²) in [4.78, 5) is 0. The summed E-state index contributed by atoms with van der Waals surface area (Å²) in [5.41, 5.74) is 1.16. The summed E-state index contributed by atoms with van der Waals surface area (Å²) in [5, 5.41) is 2.04. The molecular formula is C10H7BrCl3FZr. The minimum absolute atomic E-state index is 0. The molecule has 0 aromatic heterocycles. The molecule has 0 amide bonds. The molecule has 0 N–H and O–H groups in total. The van der Waals surface area contributed by atoms with Gasteiger partial charge in [-0.3, -0.25) is 0 Å². The van der Waals surface area contributed by atoms with Crippen molar-refractivity contribution in [2.45, 2.75) is 6.92 Å². The summed E-state index contributed by atoms with van der Waals surface area (Å²) in [7, 11) is 0. The van der Waals surface area contributed by atoms with E-state index in [1.165, 1.54) is 6.07 Å². The van der Waals surface area contributed by atoms with E-state index in [4.69, 9.17) is 0 Å². The Labute approximate surface area is 140 Å². The summed E-state index contributed by atoms with van der Waals surface area (Å²) in [6.07, 6.45) is 0. The van der Waals surface area contributed by atoms with Gasteiger partial charge in [0.15, 0.2) is 0 Å². The van der Waals surface area contributed by atoms with E-state index in [1.54, 1.807) is 6.07 Å². The Bertz CT molecular complexity index is 445. The van der Waals surface area contributed by atoms with Gasteiger partial charge in [-0.05, 0) is 10.5 Å². The molecule has 86 valence electrons. The van der Waals surface area contributed by atoms with Crippen molar-refractivity contribution in [3.63, 3.8) is 0 Å². The largest absolute Gasteiger partial charge is 4.00 e. The normalized spacial score (nSPS) is 8.19. The van der Waals surface area contributed by atoms with Gasteiger partial charge in [0.2, 0.25) is 0 Å². The summed E-state index contributed by atoms with van der Waals surface area (Å²) < 4.78 is 13.7.